The van der Waals surface area contributed by atoms with E-state index < -0.39 is 0 Å². The Morgan fingerprint density at radius 1 is 1.18 bits per heavy atom. The van der Waals surface area contributed by atoms with E-state index >= 15 is 0 Å². The molecule has 0 aliphatic heterocycles. The largest absolute Gasteiger partial charge is 0.338 e. The van der Waals surface area contributed by atoms with E-state index in [0.29, 0.717) is 12.1 Å². The Labute approximate surface area is 129 Å². The van der Waals surface area contributed by atoms with Crippen LogP contribution < -0.4 is 10.6 Å². The Bertz CT molecular complexity index is 668. The monoisotopic (exact) mass is 298 g/mol. The maximum absolute atomic E-state index is 13.4. The minimum atomic E-state index is -0.319. The van der Waals surface area contributed by atoms with Gasteiger partial charge in [-0.05, 0) is 31.1 Å². The lowest BCUT2D eigenvalue weighted by Gasteiger charge is -2.05. The number of nitrogens with one attached hydrogen (secondary N) is 2. The van der Waals surface area contributed by atoms with Crippen molar-refractivity contribution >= 4 is 12.1 Å². The van der Waals surface area contributed by atoms with Gasteiger partial charge >= 0.3 is 6.03 Å². The molecule has 0 saturated heterocycles. The molecule has 0 aliphatic rings. The molecule has 2 aromatic rings. The van der Waals surface area contributed by atoms with Crippen LogP contribution in [0.15, 0.2) is 54.7 Å². The maximum Gasteiger partial charge on any atom is 0.318 e. The molecule has 0 fully saturated rings. The first kappa shape index (κ1) is 15.8. The van der Waals surface area contributed by atoms with Gasteiger partial charge in [-0.1, -0.05) is 48.0 Å². The third-order valence-electron chi connectivity index (χ3n) is 3.16. The van der Waals surface area contributed by atoms with E-state index in [4.69, 9.17) is 0 Å². The zero-order valence-electron chi connectivity index (χ0n) is 12.5. The number of hydrogen-bond acceptors (Lipinski definition) is 1. The summed E-state index contributed by atoms with van der Waals surface area (Å²) in [5.41, 5.74) is 2.82. The highest BCUT2D eigenvalue weighted by molar-refractivity contribution is 5.75. The Morgan fingerprint density at radius 3 is 2.77 bits per heavy atom. The molecule has 0 aliphatic carbocycles. The SMILES string of the molecule is Cc1cccc(CCNC(=O)N/C=C/c2ccccc2F)c1. The van der Waals surface area contributed by atoms with Crippen molar-refractivity contribution in [3.63, 3.8) is 0 Å². The summed E-state index contributed by atoms with van der Waals surface area (Å²) in [6.07, 6.45) is 3.72. The number of carbonyl (C=O) groups excluding carboxylic acids is 1. The number of urea groups is 1. The Morgan fingerprint density at radius 2 is 2.00 bits per heavy atom. The van der Waals surface area contributed by atoms with Crippen LogP contribution in [0, 0.1) is 12.7 Å². The number of rotatable bonds is 5. The van der Waals surface area contributed by atoms with Gasteiger partial charge in [0.2, 0.25) is 0 Å². The van der Waals surface area contributed by atoms with Gasteiger partial charge in [-0.3, -0.25) is 0 Å². The molecule has 0 radical (unpaired) electrons. The molecule has 0 aromatic heterocycles. The second-order valence-corrected chi connectivity index (χ2v) is 4.99. The lowest BCUT2D eigenvalue weighted by molar-refractivity contribution is 0.244. The summed E-state index contributed by atoms with van der Waals surface area (Å²) < 4.78 is 13.4. The van der Waals surface area contributed by atoms with Crippen molar-refractivity contribution in [3.05, 3.63) is 77.2 Å². The van der Waals surface area contributed by atoms with Crippen LogP contribution >= 0.6 is 0 Å². The number of amides is 2. The topological polar surface area (TPSA) is 41.1 Å². The van der Waals surface area contributed by atoms with E-state index in [0.717, 1.165) is 6.42 Å². The van der Waals surface area contributed by atoms with Crippen molar-refractivity contribution in [2.45, 2.75) is 13.3 Å². The summed E-state index contributed by atoms with van der Waals surface area (Å²) >= 11 is 0. The fourth-order valence-electron chi connectivity index (χ4n) is 2.06. The molecule has 0 spiro atoms. The highest BCUT2D eigenvalue weighted by Crippen LogP contribution is 2.07. The standard InChI is InChI=1S/C18H19FN2O/c1-14-5-4-6-15(13-14)9-11-20-18(22)21-12-10-16-7-2-3-8-17(16)19/h2-8,10,12-13H,9,11H2,1H3,(H2,20,21,22)/b12-10+. The number of aryl methyl sites for hydroxylation is 1. The van der Waals surface area contributed by atoms with E-state index in [-0.39, 0.29) is 11.8 Å². The molecule has 2 N–H and O–H groups in total. The molecule has 3 nitrogen and oxygen atoms in total. The normalized spacial score (nSPS) is 10.6. The minimum Gasteiger partial charge on any atom is -0.338 e. The lowest BCUT2D eigenvalue weighted by atomic mass is 10.1. The van der Waals surface area contributed by atoms with Crippen LogP contribution in [0.1, 0.15) is 16.7 Å². The fourth-order valence-corrected chi connectivity index (χ4v) is 2.06. The van der Waals surface area contributed by atoms with Crippen molar-refractivity contribution in [2.24, 2.45) is 0 Å². The minimum absolute atomic E-state index is 0.305. The van der Waals surface area contributed by atoms with Gasteiger partial charge in [0.05, 0.1) is 0 Å². The predicted octanol–water partition coefficient (Wildman–Crippen LogP) is 3.65. The van der Waals surface area contributed by atoms with Crippen molar-refractivity contribution in [3.8, 4) is 0 Å². The second kappa shape index (κ2) is 7.98. The van der Waals surface area contributed by atoms with Gasteiger partial charge < -0.3 is 10.6 Å². The average molecular weight is 298 g/mol. The third-order valence-corrected chi connectivity index (χ3v) is 3.16. The van der Waals surface area contributed by atoms with Gasteiger partial charge in [-0.15, -0.1) is 0 Å². The highest BCUT2D eigenvalue weighted by atomic mass is 19.1. The van der Waals surface area contributed by atoms with E-state index in [2.05, 4.69) is 16.7 Å². The summed E-state index contributed by atoms with van der Waals surface area (Å²) in [6, 6.07) is 14.2. The van der Waals surface area contributed by atoms with Crippen LogP contribution in [0.4, 0.5) is 9.18 Å². The molecule has 114 valence electrons. The molecule has 0 bridgehead atoms. The van der Waals surface area contributed by atoms with Crippen molar-refractivity contribution in [1.82, 2.24) is 10.6 Å². The van der Waals surface area contributed by atoms with Crippen LogP contribution in [0.25, 0.3) is 6.08 Å². The lowest BCUT2D eigenvalue weighted by Crippen LogP contribution is -2.33. The van der Waals surface area contributed by atoms with Crippen molar-refractivity contribution in [1.29, 1.82) is 0 Å². The maximum atomic E-state index is 13.4. The first-order valence-electron chi connectivity index (χ1n) is 7.16. The van der Waals surface area contributed by atoms with Crippen molar-refractivity contribution in [2.75, 3.05) is 6.54 Å². The van der Waals surface area contributed by atoms with Gasteiger partial charge in [0, 0.05) is 18.3 Å². The predicted molar refractivity (Wildman–Crippen MR) is 86.9 cm³/mol. The van der Waals surface area contributed by atoms with E-state index in [1.807, 2.05) is 25.1 Å². The zero-order valence-corrected chi connectivity index (χ0v) is 12.5. The Kier molecular flexibility index (Phi) is 5.72. The second-order valence-electron chi connectivity index (χ2n) is 4.99. The quantitative estimate of drug-likeness (QED) is 0.869. The molecule has 2 amide bonds. The summed E-state index contributed by atoms with van der Waals surface area (Å²) in [4.78, 5) is 11.6. The summed E-state index contributed by atoms with van der Waals surface area (Å²) in [5.74, 6) is -0.319. The first-order valence-corrected chi connectivity index (χ1v) is 7.16. The molecule has 22 heavy (non-hydrogen) atoms. The fraction of sp³-hybridized carbons (Fsp3) is 0.167. The molecule has 0 saturated carbocycles. The van der Waals surface area contributed by atoms with Gasteiger partial charge in [-0.25, -0.2) is 9.18 Å². The smallest absolute Gasteiger partial charge is 0.318 e. The summed E-state index contributed by atoms with van der Waals surface area (Å²) in [6.45, 7) is 2.58. The van der Waals surface area contributed by atoms with Crippen LogP contribution in [0.3, 0.4) is 0 Å². The van der Waals surface area contributed by atoms with Gasteiger partial charge in [0.15, 0.2) is 0 Å². The number of carbonyl (C=O) groups is 1. The molecule has 4 heteroatoms. The van der Waals surface area contributed by atoms with Gasteiger partial charge in [0.25, 0.3) is 0 Å². The summed E-state index contributed by atoms with van der Waals surface area (Å²) in [5, 5.41) is 5.32. The van der Waals surface area contributed by atoms with E-state index in [1.54, 1.807) is 18.2 Å². The van der Waals surface area contributed by atoms with Crippen LogP contribution in [-0.4, -0.2) is 12.6 Å². The Balaban J connectivity index is 1.73. The van der Waals surface area contributed by atoms with E-state index in [9.17, 15) is 9.18 Å². The van der Waals surface area contributed by atoms with Crippen LogP contribution in [0.2, 0.25) is 0 Å². The number of hydrogen-bond donors (Lipinski definition) is 2. The molecular formula is C18H19FN2O. The number of benzene rings is 2. The molecular weight excluding hydrogens is 279 g/mol. The summed E-state index contributed by atoms with van der Waals surface area (Å²) in [7, 11) is 0. The highest BCUT2D eigenvalue weighted by Gasteiger charge is 1.99. The molecule has 2 aromatic carbocycles. The van der Waals surface area contributed by atoms with Crippen LogP contribution in [0.5, 0.6) is 0 Å². The molecule has 0 heterocycles. The Hall–Kier alpha value is -2.62. The first-order chi connectivity index (χ1) is 10.6. The van der Waals surface area contributed by atoms with E-state index in [1.165, 1.54) is 29.5 Å². The molecule has 0 atom stereocenters. The van der Waals surface area contributed by atoms with Gasteiger partial charge in [-0.2, -0.15) is 0 Å². The zero-order chi connectivity index (χ0) is 15.8. The molecule has 0 unspecified atom stereocenters. The molecule has 2 rings (SSSR count). The average Bonchev–Trinajstić information content (AvgIpc) is 2.49. The third kappa shape index (κ3) is 5.05. The number of halogens is 1. The van der Waals surface area contributed by atoms with Crippen LogP contribution in [-0.2, 0) is 6.42 Å². The van der Waals surface area contributed by atoms with Crippen molar-refractivity contribution < 1.29 is 9.18 Å². The van der Waals surface area contributed by atoms with Gasteiger partial charge in [0.1, 0.15) is 5.82 Å².